The number of fused-ring (bicyclic) bond motifs is 2. The van der Waals surface area contributed by atoms with Crippen LogP contribution < -0.4 is 5.32 Å². The number of carbonyl (C=O) groups excluding carboxylic acids is 1. The van der Waals surface area contributed by atoms with Crippen molar-refractivity contribution >= 4 is 29.3 Å². The van der Waals surface area contributed by atoms with Crippen molar-refractivity contribution < 1.29 is 19.4 Å². The van der Waals surface area contributed by atoms with Crippen LogP contribution >= 0.6 is 11.8 Å². The minimum absolute atomic E-state index is 0.0301. The minimum Gasteiger partial charge on any atom is -0.481 e. The van der Waals surface area contributed by atoms with Crippen molar-refractivity contribution in [1.29, 1.82) is 0 Å². The van der Waals surface area contributed by atoms with Crippen LogP contribution in [-0.4, -0.2) is 34.9 Å². The van der Waals surface area contributed by atoms with Crippen LogP contribution in [0, 0.1) is 5.92 Å². The summed E-state index contributed by atoms with van der Waals surface area (Å²) in [5, 5.41) is 11.6. The first-order valence-electron chi connectivity index (χ1n) is 7.46. The van der Waals surface area contributed by atoms with Crippen LogP contribution in [0.15, 0.2) is 24.3 Å². The number of carboxylic acids is 1. The van der Waals surface area contributed by atoms with Gasteiger partial charge in [-0.05, 0) is 37.0 Å². The zero-order valence-electron chi connectivity index (χ0n) is 12.2. The van der Waals surface area contributed by atoms with Gasteiger partial charge in [-0.25, -0.2) is 0 Å². The molecule has 1 aromatic carbocycles. The van der Waals surface area contributed by atoms with Gasteiger partial charge in [0.25, 0.3) is 0 Å². The molecule has 0 radical (unpaired) electrons. The largest absolute Gasteiger partial charge is 0.481 e. The second-order valence-corrected chi connectivity index (χ2v) is 6.78. The van der Waals surface area contributed by atoms with Gasteiger partial charge in [-0.3, -0.25) is 9.59 Å². The summed E-state index contributed by atoms with van der Waals surface area (Å²) in [5.41, 5.74) is 1.77. The summed E-state index contributed by atoms with van der Waals surface area (Å²) < 4.78 is 5.72. The molecule has 1 aromatic rings. The van der Waals surface area contributed by atoms with E-state index in [0.717, 1.165) is 30.5 Å². The predicted molar refractivity (Wildman–Crippen MR) is 84.9 cm³/mol. The molecule has 2 heterocycles. The number of carboxylic acid groups (broad SMARTS) is 1. The molecule has 1 amide bonds. The maximum Gasteiger partial charge on any atom is 0.313 e. The average Bonchev–Trinajstić information content (AvgIpc) is 3.10. The van der Waals surface area contributed by atoms with Gasteiger partial charge in [0, 0.05) is 11.4 Å². The van der Waals surface area contributed by atoms with E-state index in [9.17, 15) is 9.59 Å². The Labute approximate surface area is 133 Å². The summed E-state index contributed by atoms with van der Waals surface area (Å²) in [5.74, 6) is -0.121. The zero-order chi connectivity index (χ0) is 15.5. The van der Waals surface area contributed by atoms with Crippen LogP contribution in [0.2, 0.25) is 0 Å². The van der Waals surface area contributed by atoms with Gasteiger partial charge in [0.15, 0.2) is 0 Å². The summed E-state index contributed by atoms with van der Waals surface area (Å²) in [7, 11) is 0. The summed E-state index contributed by atoms with van der Waals surface area (Å²) >= 11 is 1.34. The normalized spacial score (nSPS) is 26.1. The lowest BCUT2D eigenvalue weighted by Crippen LogP contribution is -2.30. The van der Waals surface area contributed by atoms with E-state index in [1.807, 2.05) is 24.3 Å². The molecule has 6 heteroatoms. The molecule has 2 saturated heterocycles. The van der Waals surface area contributed by atoms with Gasteiger partial charge in [0.05, 0.1) is 23.9 Å². The molecule has 22 heavy (non-hydrogen) atoms. The molecule has 2 bridgehead atoms. The third kappa shape index (κ3) is 3.62. The lowest BCUT2D eigenvalue weighted by Gasteiger charge is -2.18. The Kier molecular flexibility index (Phi) is 4.69. The van der Waals surface area contributed by atoms with E-state index < -0.39 is 5.97 Å². The Morgan fingerprint density at radius 1 is 1.36 bits per heavy atom. The Hall–Kier alpha value is -1.53. The van der Waals surface area contributed by atoms with Crippen molar-refractivity contribution in [3.05, 3.63) is 29.8 Å². The van der Waals surface area contributed by atoms with Crippen LogP contribution in [0.25, 0.3) is 0 Å². The van der Waals surface area contributed by atoms with Gasteiger partial charge in [-0.1, -0.05) is 12.1 Å². The number of thioether (sulfide) groups is 1. The number of amides is 1. The lowest BCUT2D eigenvalue weighted by atomic mass is 9.88. The number of hydrogen-bond acceptors (Lipinski definition) is 4. The smallest absolute Gasteiger partial charge is 0.313 e. The number of anilines is 1. The number of ether oxygens (including phenoxy) is 1. The third-order valence-corrected chi connectivity index (χ3v) is 5.12. The number of aliphatic carboxylic acids is 1. The van der Waals surface area contributed by atoms with E-state index in [0.29, 0.717) is 5.75 Å². The second-order valence-electron chi connectivity index (χ2n) is 5.79. The molecule has 0 aromatic heterocycles. The third-order valence-electron chi connectivity index (χ3n) is 4.13. The Balaban J connectivity index is 1.56. The molecule has 5 nitrogen and oxygen atoms in total. The van der Waals surface area contributed by atoms with E-state index in [1.54, 1.807) is 0 Å². The van der Waals surface area contributed by atoms with Crippen LogP contribution in [0.1, 0.15) is 24.8 Å². The first-order valence-corrected chi connectivity index (χ1v) is 8.62. The molecule has 2 aliphatic rings. The molecule has 2 N–H and O–H groups in total. The van der Waals surface area contributed by atoms with Crippen molar-refractivity contribution in [1.82, 2.24) is 0 Å². The summed E-state index contributed by atoms with van der Waals surface area (Å²) in [6.07, 6.45) is 3.23. The molecular formula is C16H19NO4S. The molecule has 118 valence electrons. The highest BCUT2D eigenvalue weighted by Crippen LogP contribution is 2.39. The molecule has 0 saturated carbocycles. The number of rotatable bonds is 6. The Morgan fingerprint density at radius 3 is 2.91 bits per heavy atom. The van der Waals surface area contributed by atoms with Crippen LogP contribution in [-0.2, 0) is 20.1 Å². The molecule has 3 atom stereocenters. The fourth-order valence-corrected chi connectivity index (χ4v) is 3.84. The summed E-state index contributed by atoms with van der Waals surface area (Å²) in [4.78, 5) is 22.9. The quantitative estimate of drug-likeness (QED) is 0.842. The monoisotopic (exact) mass is 321 g/mol. The highest BCUT2D eigenvalue weighted by Gasteiger charge is 2.44. The summed E-state index contributed by atoms with van der Waals surface area (Å²) in [6, 6.07) is 7.58. The second kappa shape index (κ2) is 6.71. The first-order chi connectivity index (χ1) is 10.6. The lowest BCUT2D eigenvalue weighted by molar-refractivity contribution is -0.134. The fraction of sp³-hybridized carbons (Fsp3) is 0.500. The standard InChI is InChI=1S/C16H19NO4S/c18-15(19)9-22-8-10-2-1-3-11(6-10)17-16(20)13-7-12-4-5-14(13)21-12/h1-3,6,12-14H,4-5,7-9H2,(H,17,20)(H,18,19). The Bertz CT molecular complexity index is 577. The number of nitrogens with one attached hydrogen (secondary N) is 1. The molecule has 0 spiro atoms. The maximum atomic E-state index is 12.3. The minimum atomic E-state index is -0.814. The van der Waals surface area contributed by atoms with Gasteiger partial charge >= 0.3 is 5.97 Å². The van der Waals surface area contributed by atoms with Gasteiger partial charge in [0.2, 0.25) is 5.91 Å². The van der Waals surface area contributed by atoms with E-state index in [-0.39, 0.29) is 29.8 Å². The van der Waals surface area contributed by atoms with E-state index in [2.05, 4.69) is 5.32 Å². The maximum absolute atomic E-state index is 12.3. The molecule has 2 fully saturated rings. The van der Waals surface area contributed by atoms with Crippen LogP contribution in [0.4, 0.5) is 5.69 Å². The van der Waals surface area contributed by atoms with Gasteiger partial charge in [-0.15, -0.1) is 11.8 Å². The van der Waals surface area contributed by atoms with Gasteiger partial charge in [0.1, 0.15) is 0 Å². The van der Waals surface area contributed by atoms with Gasteiger partial charge in [-0.2, -0.15) is 0 Å². The van der Waals surface area contributed by atoms with E-state index in [1.165, 1.54) is 11.8 Å². The zero-order valence-corrected chi connectivity index (χ0v) is 13.0. The first kappa shape index (κ1) is 15.4. The van der Waals surface area contributed by atoms with Crippen molar-refractivity contribution in [3.8, 4) is 0 Å². The summed E-state index contributed by atoms with van der Waals surface area (Å²) in [6.45, 7) is 0. The molecule has 2 aliphatic heterocycles. The number of carbonyl (C=O) groups is 2. The number of hydrogen-bond donors (Lipinski definition) is 2. The highest BCUT2D eigenvalue weighted by atomic mass is 32.2. The van der Waals surface area contributed by atoms with Crippen molar-refractivity contribution in [3.63, 3.8) is 0 Å². The SMILES string of the molecule is O=C(O)CSCc1cccc(NC(=O)C2CC3CCC2O3)c1. The average molecular weight is 321 g/mol. The highest BCUT2D eigenvalue weighted by molar-refractivity contribution is 7.99. The molecule has 3 rings (SSSR count). The van der Waals surface area contributed by atoms with E-state index in [4.69, 9.17) is 9.84 Å². The van der Waals surface area contributed by atoms with Crippen LogP contribution in [0.5, 0.6) is 0 Å². The van der Waals surface area contributed by atoms with E-state index >= 15 is 0 Å². The number of benzene rings is 1. The Morgan fingerprint density at radius 2 is 2.23 bits per heavy atom. The predicted octanol–water partition coefficient (Wildman–Crippen LogP) is 2.51. The molecule has 0 aliphatic carbocycles. The van der Waals surface area contributed by atoms with Crippen molar-refractivity contribution in [2.45, 2.75) is 37.2 Å². The fourth-order valence-electron chi connectivity index (χ4n) is 3.14. The molecular weight excluding hydrogens is 302 g/mol. The van der Waals surface area contributed by atoms with Gasteiger partial charge < -0.3 is 15.2 Å². The molecule has 3 unspecified atom stereocenters. The topological polar surface area (TPSA) is 75.6 Å². The van der Waals surface area contributed by atoms with Crippen molar-refractivity contribution in [2.75, 3.05) is 11.1 Å². The van der Waals surface area contributed by atoms with Crippen LogP contribution in [0.3, 0.4) is 0 Å². The van der Waals surface area contributed by atoms with Crippen molar-refractivity contribution in [2.24, 2.45) is 5.92 Å².